The molecule has 2 aliphatic heterocycles. The van der Waals surface area contributed by atoms with Gasteiger partial charge in [-0.1, -0.05) is 18.2 Å². The largest absolute Gasteiger partial charge is 0.373 e. The Balaban J connectivity index is 1.70. The average molecular weight is 276 g/mol. The van der Waals surface area contributed by atoms with Crippen molar-refractivity contribution in [3.63, 3.8) is 0 Å². The van der Waals surface area contributed by atoms with E-state index in [2.05, 4.69) is 31.3 Å². The van der Waals surface area contributed by atoms with Crippen LogP contribution in [0.3, 0.4) is 0 Å². The molecule has 4 heteroatoms. The van der Waals surface area contributed by atoms with Crippen LogP contribution in [0.1, 0.15) is 19.4 Å². The molecule has 0 saturated carbocycles. The van der Waals surface area contributed by atoms with E-state index in [1.807, 2.05) is 28.8 Å². The van der Waals surface area contributed by atoms with Crippen molar-refractivity contribution >= 4 is 23.4 Å². The van der Waals surface area contributed by atoms with Gasteiger partial charge in [-0.3, -0.25) is 4.79 Å². The molecule has 3 rings (SSSR count). The smallest absolute Gasteiger partial charge is 0.245 e. The van der Waals surface area contributed by atoms with E-state index in [1.54, 1.807) is 0 Å². The lowest BCUT2D eigenvalue weighted by Crippen LogP contribution is -2.51. The van der Waals surface area contributed by atoms with Crippen LogP contribution in [0.4, 0.5) is 5.69 Å². The van der Waals surface area contributed by atoms with Crippen LogP contribution in [0, 0.1) is 0 Å². The molecule has 1 atom stereocenters. The number of hydrogen-bond acceptors (Lipinski definition) is 3. The average Bonchev–Trinajstić information content (AvgIpc) is 2.80. The fourth-order valence-corrected chi connectivity index (χ4v) is 3.98. The van der Waals surface area contributed by atoms with Crippen molar-refractivity contribution in [1.29, 1.82) is 0 Å². The minimum Gasteiger partial charge on any atom is -0.373 e. The van der Waals surface area contributed by atoms with E-state index < -0.39 is 0 Å². The molecule has 1 fully saturated rings. The molecule has 1 amide bonds. The fraction of sp³-hybridized carbons (Fsp3) is 0.533. The van der Waals surface area contributed by atoms with Gasteiger partial charge in [0, 0.05) is 35.7 Å². The van der Waals surface area contributed by atoms with Crippen molar-refractivity contribution in [2.24, 2.45) is 0 Å². The number of carbonyl (C=O) groups is 1. The molecule has 1 N–H and O–H groups in total. The van der Waals surface area contributed by atoms with Crippen LogP contribution >= 0.6 is 11.8 Å². The maximum absolute atomic E-state index is 12.6. The topological polar surface area (TPSA) is 32.3 Å². The van der Waals surface area contributed by atoms with Crippen LogP contribution < -0.4 is 5.32 Å². The van der Waals surface area contributed by atoms with Gasteiger partial charge in [0.05, 0.1) is 0 Å². The van der Waals surface area contributed by atoms with Gasteiger partial charge in [0.25, 0.3) is 0 Å². The summed E-state index contributed by atoms with van der Waals surface area (Å²) in [5.74, 6) is 1.29. The molecular weight excluding hydrogens is 256 g/mol. The molecule has 0 spiro atoms. The Morgan fingerprint density at radius 1 is 1.42 bits per heavy atom. The van der Waals surface area contributed by atoms with Gasteiger partial charge in [0.15, 0.2) is 0 Å². The molecule has 0 aliphatic carbocycles. The van der Waals surface area contributed by atoms with Gasteiger partial charge in [-0.2, -0.15) is 11.8 Å². The van der Waals surface area contributed by atoms with Crippen LogP contribution in [0.25, 0.3) is 0 Å². The molecule has 19 heavy (non-hydrogen) atoms. The highest BCUT2D eigenvalue weighted by atomic mass is 32.2. The second kappa shape index (κ2) is 4.75. The zero-order valence-corrected chi connectivity index (χ0v) is 12.3. The second-order valence-electron chi connectivity index (χ2n) is 5.93. The zero-order valence-electron chi connectivity index (χ0n) is 11.5. The Hall–Kier alpha value is -1.16. The third-order valence-electron chi connectivity index (χ3n) is 3.81. The summed E-state index contributed by atoms with van der Waals surface area (Å²) in [6.45, 7) is 6.16. The molecule has 0 radical (unpaired) electrons. The predicted molar refractivity (Wildman–Crippen MR) is 80.7 cm³/mol. The van der Waals surface area contributed by atoms with Gasteiger partial charge in [0.2, 0.25) is 5.91 Å². The van der Waals surface area contributed by atoms with E-state index in [0.29, 0.717) is 0 Å². The lowest BCUT2D eigenvalue weighted by atomic mass is 10.1. The number of amides is 1. The Labute approximate surface area is 118 Å². The number of fused-ring (bicyclic) bond motifs is 1. The Kier molecular flexibility index (Phi) is 3.21. The SMILES string of the molecule is CC1(C)CN(C(=O)[C@@H]2Cc3ccccc3N2)CCS1. The van der Waals surface area contributed by atoms with E-state index in [1.165, 1.54) is 5.56 Å². The van der Waals surface area contributed by atoms with E-state index in [9.17, 15) is 4.79 Å². The third kappa shape index (κ3) is 2.59. The number of para-hydroxylation sites is 1. The Bertz CT molecular complexity index is 476. The molecule has 2 heterocycles. The highest BCUT2D eigenvalue weighted by Crippen LogP contribution is 2.31. The molecular formula is C15H20N2OS. The molecule has 1 aromatic rings. The monoisotopic (exact) mass is 276 g/mol. The molecule has 0 bridgehead atoms. The molecule has 102 valence electrons. The van der Waals surface area contributed by atoms with Crippen molar-refractivity contribution in [2.75, 3.05) is 24.2 Å². The number of nitrogens with one attached hydrogen (secondary N) is 1. The molecule has 3 nitrogen and oxygen atoms in total. The minimum atomic E-state index is -0.0729. The number of nitrogens with zero attached hydrogens (tertiary/aromatic N) is 1. The summed E-state index contributed by atoms with van der Waals surface area (Å²) in [6, 6.07) is 8.13. The summed E-state index contributed by atoms with van der Waals surface area (Å²) in [4.78, 5) is 14.6. The van der Waals surface area contributed by atoms with Gasteiger partial charge in [-0.05, 0) is 25.5 Å². The molecule has 0 aromatic heterocycles. The molecule has 0 unspecified atom stereocenters. The number of benzene rings is 1. The van der Waals surface area contributed by atoms with Crippen LogP contribution in [-0.2, 0) is 11.2 Å². The fourth-order valence-electron chi connectivity index (χ4n) is 2.87. The van der Waals surface area contributed by atoms with Crippen molar-refractivity contribution in [2.45, 2.75) is 31.1 Å². The summed E-state index contributed by atoms with van der Waals surface area (Å²) < 4.78 is 0.180. The van der Waals surface area contributed by atoms with Crippen LogP contribution in [0.15, 0.2) is 24.3 Å². The summed E-state index contributed by atoms with van der Waals surface area (Å²) in [6.07, 6.45) is 0.819. The summed E-state index contributed by atoms with van der Waals surface area (Å²) in [7, 11) is 0. The minimum absolute atomic E-state index is 0.0729. The van der Waals surface area contributed by atoms with E-state index >= 15 is 0 Å². The molecule has 1 saturated heterocycles. The summed E-state index contributed by atoms with van der Waals surface area (Å²) >= 11 is 1.96. The van der Waals surface area contributed by atoms with Gasteiger partial charge >= 0.3 is 0 Å². The third-order valence-corrected chi connectivity index (χ3v) is 5.10. The van der Waals surface area contributed by atoms with E-state index in [-0.39, 0.29) is 16.7 Å². The Morgan fingerprint density at radius 2 is 2.21 bits per heavy atom. The zero-order chi connectivity index (χ0) is 13.5. The van der Waals surface area contributed by atoms with Gasteiger partial charge in [-0.15, -0.1) is 0 Å². The lowest BCUT2D eigenvalue weighted by Gasteiger charge is -2.38. The molecule has 1 aromatic carbocycles. The first-order chi connectivity index (χ1) is 9.05. The number of hydrogen-bond donors (Lipinski definition) is 1. The van der Waals surface area contributed by atoms with Gasteiger partial charge in [0.1, 0.15) is 6.04 Å². The first kappa shape index (κ1) is 12.9. The number of anilines is 1. The van der Waals surface area contributed by atoms with Crippen LogP contribution in [0.5, 0.6) is 0 Å². The van der Waals surface area contributed by atoms with E-state index in [4.69, 9.17) is 0 Å². The first-order valence-electron chi connectivity index (χ1n) is 6.82. The highest BCUT2D eigenvalue weighted by molar-refractivity contribution is 8.00. The standard InChI is InChI=1S/C15H20N2OS/c1-15(2)10-17(7-8-19-15)14(18)13-9-11-5-3-4-6-12(11)16-13/h3-6,13,16H,7-10H2,1-2H3/t13-/m0/s1. The normalized spacial score (nSPS) is 24.7. The number of thioether (sulfide) groups is 1. The first-order valence-corrected chi connectivity index (χ1v) is 7.81. The highest BCUT2D eigenvalue weighted by Gasteiger charge is 2.35. The summed E-state index contributed by atoms with van der Waals surface area (Å²) in [5.41, 5.74) is 2.37. The van der Waals surface area contributed by atoms with Crippen molar-refractivity contribution < 1.29 is 4.79 Å². The van der Waals surface area contributed by atoms with Crippen molar-refractivity contribution in [3.8, 4) is 0 Å². The van der Waals surface area contributed by atoms with Crippen LogP contribution in [-0.4, -0.2) is 40.4 Å². The van der Waals surface area contributed by atoms with E-state index in [0.717, 1.165) is 31.0 Å². The molecule has 2 aliphatic rings. The van der Waals surface area contributed by atoms with Crippen molar-refractivity contribution in [1.82, 2.24) is 4.90 Å². The Morgan fingerprint density at radius 3 is 2.95 bits per heavy atom. The van der Waals surface area contributed by atoms with Crippen molar-refractivity contribution in [3.05, 3.63) is 29.8 Å². The maximum atomic E-state index is 12.6. The second-order valence-corrected chi connectivity index (χ2v) is 7.73. The van der Waals surface area contributed by atoms with Gasteiger partial charge < -0.3 is 10.2 Å². The van der Waals surface area contributed by atoms with Gasteiger partial charge in [-0.25, -0.2) is 0 Å². The number of rotatable bonds is 1. The lowest BCUT2D eigenvalue weighted by molar-refractivity contribution is -0.132. The predicted octanol–water partition coefficient (Wildman–Crippen LogP) is 2.38. The summed E-state index contributed by atoms with van der Waals surface area (Å²) in [5, 5.41) is 3.36. The number of carbonyl (C=O) groups excluding carboxylic acids is 1. The quantitative estimate of drug-likeness (QED) is 0.855. The maximum Gasteiger partial charge on any atom is 0.245 e. The van der Waals surface area contributed by atoms with Crippen LogP contribution in [0.2, 0.25) is 0 Å².